The van der Waals surface area contributed by atoms with Crippen molar-refractivity contribution in [2.75, 3.05) is 5.75 Å². The van der Waals surface area contributed by atoms with Gasteiger partial charge >= 0.3 is 0 Å². The van der Waals surface area contributed by atoms with Gasteiger partial charge in [-0.1, -0.05) is 31.0 Å². The summed E-state index contributed by atoms with van der Waals surface area (Å²) in [7, 11) is 0. The summed E-state index contributed by atoms with van der Waals surface area (Å²) in [6.45, 7) is 2.49. The number of thioether (sulfide) groups is 1. The van der Waals surface area contributed by atoms with Crippen LogP contribution in [0.3, 0.4) is 0 Å². The van der Waals surface area contributed by atoms with E-state index < -0.39 is 0 Å². The molecule has 1 aliphatic rings. The van der Waals surface area contributed by atoms with Crippen molar-refractivity contribution in [1.82, 2.24) is 20.1 Å². The van der Waals surface area contributed by atoms with Crippen LogP contribution in [-0.2, 0) is 11.3 Å². The Morgan fingerprint density at radius 2 is 2.22 bits per heavy atom. The van der Waals surface area contributed by atoms with Gasteiger partial charge in [-0.25, -0.2) is 0 Å². The quantitative estimate of drug-likeness (QED) is 0.822. The van der Waals surface area contributed by atoms with Crippen LogP contribution in [0.15, 0.2) is 28.0 Å². The van der Waals surface area contributed by atoms with Crippen molar-refractivity contribution in [1.29, 1.82) is 0 Å². The first-order valence-corrected chi connectivity index (χ1v) is 9.05. The molecule has 2 aromatic heterocycles. The Bertz CT molecular complexity index is 633. The van der Waals surface area contributed by atoms with E-state index in [1.807, 2.05) is 23.6 Å². The first-order valence-electron chi connectivity index (χ1n) is 8.07. The highest BCUT2D eigenvalue weighted by atomic mass is 32.2. The molecule has 1 N–H and O–H groups in total. The fourth-order valence-corrected chi connectivity index (χ4v) is 3.65. The maximum atomic E-state index is 12.1. The summed E-state index contributed by atoms with van der Waals surface area (Å²) in [5.74, 6) is 2.11. The smallest absolute Gasteiger partial charge is 0.230 e. The molecule has 2 heterocycles. The van der Waals surface area contributed by atoms with Gasteiger partial charge in [-0.15, -0.1) is 10.2 Å². The Labute approximate surface area is 140 Å². The molecule has 7 heteroatoms. The zero-order valence-electron chi connectivity index (χ0n) is 13.3. The molecule has 0 atom stereocenters. The van der Waals surface area contributed by atoms with Gasteiger partial charge < -0.3 is 9.73 Å². The van der Waals surface area contributed by atoms with Gasteiger partial charge in [-0.05, 0) is 31.9 Å². The van der Waals surface area contributed by atoms with E-state index in [0.29, 0.717) is 18.3 Å². The summed E-state index contributed by atoms with van der Waals surface area (Å²) in [5.41, 5.74) is 0. The van der Waals surface area contributed by atoms with Crippen molar-refractivity contribution in [3.05, 3.63) is 30.0 Å². The highest BCUT2D eigenvalue weighted by Crippen LogP contribution is 2.20. The van der Waals surface area contributed by atoms with Crippen LogP contribution in [-0.4, -0.2) is 32.5 Å². The molecule has 0 unspecified atom stereocenters. The Balaban J connectivity index is 1.54. The number of carbonyl (C=O) groups is 1. The van der Waals surface area contributed by atoms with E-state index in [0.717, 1.165) is 29.6 Å². The zero-order valence-corrected chi connectivity index (χ0v) is 14.1. The van der Waals surface area contributed by atoms with Crippen LogP contribution < -0.4 is 5.32 Å². The largest absolute Gasteiger partial charge is 0.467 e. The van der Waals surface area contributed by atoms with E-state index in [1.165, 1.54) is 31.0 Å². The maximum absolute atomic E-state index is 12.1. The van der Waals surface area contributed by atoms with Crippen molar-refractivity contribution in [2.45, 2.75) is 56.8 Å². The van der Waals surface area contributed by atoms with Crippen LogP contribution >= 0.6 is 11.8 Å². The third kappa shape index (κ3) is 4.37. The van der Waals surface area contributed by atoms with E-state index in [9.17, 15) is 4.79 Å². The lowest BCUT2D eigenvalue weighted by Gasteiger charge is -2.22. The van der Waals surface area contributed by atoms with Crippen LogP contribution in [0.2, 0.25) is 0 Å². The third-order valence-corrected chi connectivity index (χ3v) is 5.07. The molecule has 3 rings (SSSR count). The lowest BCUT2D eigenvalue weighted by molar-refractivity contribution is -0.119. The average molecular weight is 334 g/mol. The summed E-state index contributed by atoms with van der Waals surface area (Å²) in [4.78, 5) is 12.1. The molecule has 2 aromatic rings. The number of hydrogen-bond donors (Lipinski definition) is 1. The minimum Gasteiger partial charge on any atom is -0.467 e. The number of rotatable bonds is 6. The predicted molar refractivity (Wildman–Crippen MR) is 88.3 cm³/mol. The molecule has 23 heavy (non-hydrogen) atoms. The molecule has 1 saturated carbocycles. The fourth-order valence-electron chi connectivity index (χ4n) is 2.86. The van der Waals surface area contributed by atoms with Gasteiger partial charge in [0.1, 0.15) is 11.6 Å². The summed E-state index contributed by atoms with van der Waals surface area (Å²) in [6, 6.07) is 4.13. The monoisotopic (exact) mass is 334 g/mol. The first kappa shape index (κ1) is 16.1. The first-order chi connectivity index (χ1) is 11.2. The number of carbonyl (C=O) groups excluding carboxylic acids is 1. The molecule has 124 valence electrons. The van der Waals surface area contributed by atoms with Gasteiger partial charge in [0.25, 0.3) is 0 Å². The average Bonchev–Trinajstić information content (AvgIpc) is 3.18. The second kappa shape index (κ2) is 7.68. The molecule has 0 aliphatic heterocycles. The van der Waals surface area contributed by atoms with E-state index in [4.69, 9.17) is 4.42 Å². The summed E-state index contributed by atoms with van der Waals surface area (Å²) in [5, 5.41) is 12.2. The SMILES string of the molecule is Cc1nnc(SCC(=O)NC2CCCCC2)n1Cc1ccco1. The van der Waals surface area contributed by atoms with Crippen LogP contribution in [0.1, 0.15) is 43.7 Å². The molecule has 0 radical (unpaired) electrons. The van der Waals surface area contributed by atoms with Gasteiger partial charge in [0.05, 0.1) is 18.6 Å². The Morgan fingerprint density at radius 1 is 1.39 bits per heavy atom. The standard InChI is InChI=1S/C16H22N4O2S/c1-12-18-19-16(20(12)10-14-8-5-9-22-14)23-11-15(21)17-13-6-3-2-4-7-13/h5,8-9,13H,2-4,6-7,10-11H2,1H3,(H,17,21). The number of aromatic nitrogens is 3. The lowest BCUT2D eigenvalue weighted by Crippen LogP contribution is -2.37. The van der Waals surface area contributed by atoms with Crippen LogP contribution in [0.5, 0.6) is 0 Å². The summed E-state index contributed by atoms with van der Waals surface area (Å²) in [6.07, 6.45) is 7.58. The summed E-state index contributed by atoms with van der Waals surface area (Å²) < 4.78 is 7.35. The molecule has 1 aliphatic carbocycles. The Hall–Kier alpha value is -1.76. The van der Waals surface area contributed by atoms with Gasteiger partial charge in [0, 0.05) is 6.04 Å². The number of amides is 1. The molecule has 0 saturated heterocycles. The van der Waals surface area contributed by atoms with E-state index >= 15 is 0 Å². The van der Waals surface area contributed by atoms with E-state index in [-0.39, 0.29) is 5.91 Å². The van der Waals surface area contributed by atoms with Crippen LogP contribution in [0.25, 0.3) is 0 Å². The third-order valence-electron chi connectivity index (χ3n) is 4.10. The molecule has 0 aromatic carbocycles. The predicted octanol–water partition coefficient (Wildman–Crippen LogP) is 2.77. The van der Waals surface area contributed by atoms with Crippen LogP contribution in [0.4, 0.5) is 0 Å². The number of furan rings is 1. The van der Waals surface area contributed by atoms with Gasteiger partial charge in [0.2, 0.25) is 5.91 Å². The second-order valence-corrected chi connectivity index (χ2v) is 6.83. The lowest BCUT2D eigenvalue weighted by atomic mass is 9.95. The molecule has 1 amide bonds. The number of aryl methyl sites for hydroxylation is 1. The van der Waals surface area contributed by atoms with Crippen molar-refractivity contribution < 1.29 is 9.21 Å². The molecule has 0 bridgehead atoms. The summed E-state index contributed by atoms with van der Waals surface area (Å²) >= 11 is 1.42. The number of nitrogens with one attached hydrogen (secondary N) is 1. The maximum Gasteiger partial charge on any atom is 0.230 e. The zero-order chi connectivity index (χ0) is 16.1. The molecular formula is C16H22N4O2S. The molecular weight excluding hydrogens is 312 g/mol. The second-order valence-electron chi connectivity index (χ2n) is 5.89. The van der Waals surface area contributed by atoms with E-state index in [1.54, 1.807) is 6.26 Å². The normalized spacial score (nSPS) is 15.7. The Morgan fingerprint density at radius 3 is 2.96 bits per heavy atom. The van der Waals surface area contributed by atoms with Gasteiger partial charge in [-0.3, -0.25) is 9.36 Å². The highest BCUT2D eigenvalue weighted by molar-refractivity contribution is 7.99. The number of nitrogens with zero attached hydrogens (tertiary/aromatic N) is 3. The molecule has 1 fully saturated rings. The van der Waals surface area contributed by atoms with Crippen molar-refractivity contribution in [3.63, 3.8) is 0 Å². The van der Waals surface area contributed by atoms with Gasteiger partial charge in [-0.2, -0.15) is 0 Å². The molecule has 6 nitrogen and oxygen atoms in total. The highest BCUT2D eigenvalue weighted by Gasteiger charge is 2.17. The van der Waals surface area contributed by atoms with Crippen molar-refractivity contribution in [2.24, 2.45) is 0 Å². The minimum atomic E-state index is 0.0760. The molecule has 0 spiro atoms. The van der Waals surface area contributed by atoms with Crippen molar-refractivity contribution >= 4 is 17.7 Å². The number of hydrogen-bond acceptors (Lipinski definition) is 5. The van der Waals surface area contributed by atoms with E-state index in [2.05, 4.69) is 15.5 Å². The topological polar surface area (TPSA) is 73.0 Å². The van der Waals surface area contributed by atoms with Crippen LogP contribution in [0, 0.1) is 6.92 Å². The fraction of sp³-hybridized carbons (Fsp3) is 0.562. The minimum absolute atomic E-state index is 0.0760. The van der Waals surface area contributed by atoms with Gasteiger partial charge in [0.15, 0.2) is 5.16 Å². The Kier molecular flexibility index (Phi) is 5.38. The van der Waals surface area contributed by atoms with Crippen molar-refractivity contribution in [3.8, 4) is 0 Å².